The Labute approximate surface area is 185 Å². The first-order valence-corrected chi connectivity index (χ1v) is 10.8. The summed E-state index contributed by atoms with van der Waals surface area (Å²) in [6, 6.07) is 9.40. The molecule has 0 saturated carbocycles. The quantitative estimate of drug-likeness (QED) is 0.631. The first-order valence-electron chi connectivity index (χ1n) is 10.8. The maximum Gasteiger partial charge on any atom is 0.309 e. The molecule has 0 unspecified atom stereocenters. The molecule has 0 bridgehead atoms. The molecule has 0 aliphatic carbocycles. The molecule has 2 aliphatic rings. The molecule has 32 heavy (non-hydrogen) atoms. The molecule has 3 heterocycles. The van der Waals surface area contributed by atoms with Gasteiger partial charge < -0.3 is 14.2 Å². The van der Waals surface area contributed by atoms with E-state index in [2.05, 4.69) is 15.2 Å². The number of carbonyl (C=O) groups is 3. The van der Waals surface area contributed by atoms with Crippen LogP contribution in [0.25, 0.3) is 11.4 Å². The predicted molar refractivity (Wildman–Crippen MR) is 113 cm³/mol. The first-order chi connectivity index (χ1) is 15.5. The van der Waals surface area contributed by atoms with Gasteiger partial charge in [-0.3, -0.25) is 14.4 Å². The van der Waals surface area contributed by atoms with Gasteiger partial charge in [0.1, 0.15) is 12.3 Å². The number of hydrogen-bond donors (Lipinski definition) is 0. The van der Waals surface area contributed by atoms with Crippen molar-refractivity contribution in [1.29, 1.82) is 0 Å². The third-order valence-electron chi connectivity index (χ3n) is 5.56. The van der Waals surface area contributed by atoms with Crippen molar-refractivity contribution in [2.75, 3.05) is 26.2 Å². The fourth-order valence-corrected chi connectivity index (χ4v) is 3.78. The first kappa shape index (κ1) is 21.7. The molecule has 1 aromatic carbocycles. The summed E-state index contributed by atoms with van der Waals surface area (Å²) < 4.78 is 10.4. The molecule has 2 aromatic rings. The normalized spacial score (nSPS) is 17.3. The van der Waals surface area contributed by atoms with E-state index in [1.54, 1.807) is 11.8 Å². The molecule has 1 aromatic heterocycles. The number of hydrazone groups is 1. The lowest BCUT2D eigenvalue weighted by molar-refractivity contribution is -0.151. The van der Waals surface area contributed by atoms with Crippen LogP contribution < -0.4 is 0 Å². The second kappa shape index (κ2) is 9.71. The Morgan fingerprint density at radius 1 is 1.16 bits per heavy atom. The van der Waals surface area contributed by atoms with Gasteiger partial charge in [0.15, 0.2) is 0 Å². The van der Waals surface area contributed by atoms with Crippen LogP contribution >= 0.6 is 0 Å². The van der Waals surface area contributed by atoms with Gasteiger partial charge >= 0.3 is 5.97 Å². The molecular formula is C22H25N5O5. The third-order valence-corrected chi connectivity index (χ3v) is 5.56. The third kappa shape index (κ3) is 4.84. The number of nitrogens with zero attached hydrogens (tertiary/aromatic N) is 5. The average molecular weight is 439 g/mol. The molecule has 168 valence electrons. The van der Waals surface area contributed by atoms with Crippen molar-refractivity contribution >= 4 is 23.5 Å². The summed E-state index contributed by atoms with van der Waals surface area (Å²) in [5, 5.41) is 9.49. The van der Waals surface area contributed by atoms with Crippen molar-refractivity contribution in [1.82, 2.24) is 20.0 Å². The second-order valence-electron chi connectivity index (χ2n) is 7.69. The van der Waals surface area contributed by atoms with Crippen LogP contribution in [0.5, 0.6) is 0 Å². The van der Waals surface area contributed by atoms with E-state index >= 15 is 0 Å². The van der Waals surface area contributed by atoms with E-state index < -0.39 is 0 Å². The van der Waals surface area contributed by atoms with Gasteiger partial charge in [0.2, 0.25) is 17.6 Å². The maximum atomic E-state index is 12.7. The van der Waals surface area contributed by atoms with Gasteiger partial charge in [-0.15, -0.1) is 0 Å². The molecule has 1 saturated heterocycles. The summed E-state index contributed by atoms with van der Waals surface area (Å²) in [6.07, 6.45) is 1.68. The molecular weight excluding hydrogens is 414 g/mol. The number of esters is 1. The number of piperidine rings is 1. The highest BCUT2D eigenvalue weighted by molar-refractivity contribution is 6.01. The Hall–Kier alpha value is -3.56. The van der Waals surface area contributed by atoms with Gasteiger partial charge in [0.25, 0.3) is 5.89 Å². The Morgan fingerprint density at radius 2 is 1.91 bits per heavy atom. The molecule has 0 atom stereocenters. The molecule has 1 fully saturated rings. The lowest BCUT2D eigenvalue weighted by Crippen LogP contribution is -2.46. The highest BCUT2D eigenvalue weighted by Crippen LogP contribution is 2.21. The fourth-order valence-electron chi connectivity index (χ4n) is 3.78. The molecule has 0 N–H and O–H groups in total. The number of benzene rings is 1. The summed E-state index contributed by atoms with van der Waals surface area (Å²) >= 11 is 0. The highest BCUT2D eigenvalue weighted by Gasteiger charge is 2.31. The van der Waals surface area contributed by atoms with E-state index in [1.165, 1.54) is 5.01 Å². The summed E-state index contributed by atoms with van der Waals surface area (Å²) in [7, 11) is 0. The zero-order chi connectivity index (χ0) is 22.5. The van der Waals surface area contributed by atoms with Crippen LogP contribution in [0.2, 0.25) is 0 Å². The Balaban J connectivity index is 1.39. The SMILES string of the molecule is CCOC(=O)C1CCN(C(=O)CN2N=C(c3nc(-c4ccccc4)no3)CCC2=O)CC1. The van der Waals surface area contributed by atoms with Crippen LogP contribution in [0.1, 0.15) is 38.5 Å². The maximum absolute atomic E-state index is 12.7. The van der Waals surface area contributed by atoms with Gasteiger partial charge in [-0.2, -0.15) is 10.1 Å². The number of likely N-dealkylation sites (tertiary alicyclic amines) is 1. The van der Waals surface area contributed by atoms with Crippen molar-refractivity contribution in [2.45, 2.75) is 32.6 Å². The van der Waals surface area contributed by atoms with Crippen molar-refractivity contribution in [3.63, 3.8) is 0 Å². The van der Waals surface area contributed by atoms with Gasteiger partial charge in [0.05, 0.1) is 12.5 Å². The smallest absolute Gasteiger partial charge is 0.309 e. The second-order valence-corrected chi connectivity index (χ2v) is 7.69. The Kier molecular flexibility index (Phi) is 6.58. The van der Waals surface area contributed by atoms with E-state index in [0.717, 1.165) is 5.56 Å². The standard InChI is InChI=1S/C22H25N5O5/c1-2-31-22(30)16-10-12-26(13-11-16)19(29)14-27-18(28)9-8-17(24-27)21-23-20(25-32-21)15-6-4-3-5-7-15/h3-7,16H,2,8-14H2,1H3. The van der Waals surface area contributed by atoms with Gasteiger partial charge in [-0.05, 0) is 19.8 Å². The number of hydrogen-bond acceptors (Lipinski definition) is 8. The summed E-state index contributed by atoms with van der Waals surface area (Å²) in [4.78, 5) is 43.0. The zero-order valence-corrected chi connectivity index (χ0v) is 17.9. The lowest BCUT2D eigenvalue weighted by Gasteiger charge is -2.32. The van der Waals surface area contributed by atoms with E-state index in [1.807, 2.05) is 30.3 Å². The molecule has 2 aliphatic heterocycles. The lowest BCUT2D eigenvalue weighted by atomic mass is 9.97. The van der Waals surface area contributed by atoms with Gasteiger partial charge in [0, 0.05) is 31.5 Å². The number of aromatic nitrogens is 2. The summed E-state index contributed by atoms with van der Waals surface area (Å²) in [5.41, 5.74) is 1.29. The minimum absolute atomic E-state index is 0.161. The number of amides is 2. The minimum Gasteiger partial charge on any atom is -0.466 e. The largest absolute Gasteiger partial charge is 0.466 e. The number of ether oxygens (including phenoxy) is 1. The van der Waals surface area contributed by atoms with Gasteiger partial charge in [-0.1, -0.05) is 35.5 Å². The predicted octanol–water partition coefficient (Wildman–Crippen LogP) is 1.86. The fraction of sp³-hybridized carbons (Fsp3) is 0.455. The van der Waals surface area contributed by atoms with Crippen molar-refractivity contribution in [2.24, 2.45) is 11.0 Å². The van der Waals surface area contributed by atoms with Crippen molar-refractivity contribution in [3.05, 3.63) is 36.2 Å². The Bertz CT molecular complexity index is 1010. The van der Waals surface area contributed by atoms with E-state index in [4.69, 9.17) is 9.26 Å². The van der Waals surface area contributed by atoms with Crippen LogP contribution in [0.15, 0.2) is 40.0 Å². The monoisotopic (exact) mass is 439 g/mol. The Morgan fingerprint density at radius 3 is 2.62 bits per heavy atom. The topological polar surface area (TPSA) is 118 Å². The summed E-state index contributed by atoms with van der Waals surface area (Å²) in [5.74, 6) is -0.158. The molecule has 2 amide bonds. The zero-order valence-electron chi connectivity index (χ0n) is 17.9. The van der Waals surface area contributed by atoms with E-state index in [0.29, 0.717) is 50.5 Å². The summed E-state index contributed by atoms with van der Waals surface area (Å²) in [6.45, 7) is 2.86. The molecule has 4 rings (SSSR count). The van der Waals surface area contributed by atoms with Crippen molar-refractivity contribution in [3.8, 4) is 11.4 Å². The van der Waals surface area contributed by atoms with Crippen LogP contribution in [-0.2, 0) is 19.1 Å². The molecule has 0 radical (unpaired) electrons. The number of rotatable bonds is 6. The minimum atomic E-state index is -0.230. The molecule has 10 heteroatoms. The van der Waals surface area contributed by atoms with Crippen LogP contribution in [0.4, 0.5) is 0 Å². The van der Waals surface area contributed by atoms with Crippen LogP contribution in [-0.4, -0.2) is 69.8 Å². The number of carbonyl (C=O) groups excluding carboxylic acids is 3. The van der Waals surface area contributed by atoms with E-state index in [-0.39, 0.29) is 42.6 Å². The van der Waals surface area contributed by atoms with Crippen LogP contribution in [0, 0.1) is 5.92 Å². The van der Waals surface area contributed by atoms with Crippen LogP contribution in [0.3, 0.4) is 0 Å². The highest BCUT2D eigenvalue weighted by atomic mass is 16.5. The van der Waals surface area contributed by atoms with Gasteiger partial charge in [-0.25, -0.2) is 5.01 Å². The van der Waals surface area contributed by atoms with E-state index in [9.17, 15) is 14.4 Å². The average Bonchev–Trinajstić information content (AvgIpc) is 3.32. The van der Waals surface area contributed by atoms with Crippen molar-refractivity contribution < 1.29 is 23.6 Å². The molecule has 0 spiro atoms. The molecule has 10 nitrogen and oxygen atoms in total.